The molecule has 0 atom stereocenters. The van der Waals surface area contributed by atoms with Crippen LogP contribution < -0.4 is 10.6 Å². The van der Waals surface area contributed by atoms with Gasteiger partial charge in [0.1, 0.15) is 0 Å². The summed E-state index contributed by atoms with van der Waals surface area (Å²) in [5.41, 5.74) is 4.45. The van der Waals surface area contributed by atoms with Crippen molar-refractivity contribution in [3.63, 3.8) is 0 Å². The molecule has 0 unspecified atom stereocenters. The van der Waals surface area contributed by atoms with Crippen molar-refractivity contribution in [3.05, 3.63) is 65.2 Å². The maximum Gasteiger partial charge on any atom is 0.224 e. The van der Waals surface area contributed by atoms with Crippen molar-refractivity contribution >= 4 is 11.6 Å². The highest BCUT2D eigenvalue weighted by Crippen LogP contribution is 2.12. The molecule has 1 amide bonds. The van der Waals surface area contributed by atoms with E-state index in [0.29, 0.717) is 6.42 Å². The fourth-order valence-electron chi connectivity index (χ4n) is 2.31. The lowest BCUT2D eigenvalue weighted by Crippen LogP contribution is -2.13. The molecule has 21 heavy (non-hydrogen) atoms. The van der Waals surface area contributed by atoms with Gasteiger partial charge in [0.2, 0.25) is 5.91 Å². The van der Waals surface area contributed by atoms with E-state index in [2.05, 4.69) is 35.8 Å². The smallest absolute Gasteiger partial charge is 0.224 e. The van der Waals surface area contributed by atoms with Crippen LogP contribution in [-0.4, -0.2) is 13.0 Å². The Morgan fingerprint density at radius 3 is 2.57 bits per heavy atom. The zero-order valence-electron chi connectivity index (χ0n) is 12.6. The summed E-state index contributed by atoms with van der Waals surface area (Å²) >= 11 is 0. The number of nitrogens with one attached hydrogen (secondary N) is 2. The van der Waals surface area contributed by atoms with Crippen LogP contribution in [0.2, 0.25) is 0 Å². The number of benzene rings is 2. The first-order valence-electron chi connectivity index (χ1n) is 7.26. The Morgan fingerprint density at radius 2 is 1.81 bits per heavy atom. The quantitative estimate of drug-likeness (QED) is 0.853. The van der Waals surface area contributed by atoms with E-state index < -0.39 is 0 Å². The van der Waals surface area contributed by atoms with Gasteiger partial charge in [0.15, 0.2) is 0 Å². The van der Waals surface area contributed by atoms with E-state index in [9.17, 15) is 4.79 Å². The Bertz CT molecular complexity index is 608. The summed E-state index contributed by atoms with van der Waals surface area (Å²) in [6, 6.07) is 16.2. The Balaban J connectivity index is 1.88. The highest BCUT2D eigenvalue weighted by atomic mass is 16.1. The second kappa shape index (κ2) is 7.60. The number of carbonyl (C=O) groups is 1. The summed E-state index contributed by atoms with van der Waals surface area (Å²) in [5.74, 6) is 0.0538. The molecule has 0 aliphatic heterocycles. The molecule has 3 heteroatoms. The van der Waals surface area contributed by atoms with Crippen LogP contribution in [0.15, 0.2) is 48.5 Å². The van der Waals surface area contributed by atoms with E-state index in [0.717, 1.165) is 24.2 Å². The van der Waals surface area contributed by atoms with Gasteiger partial charge in [-0.15, -0.1) is 0 Å². The lowest BCUT2D eigenvalue weighted by Gasteiger charge is -2.08. The van der Waals surface area contributed by atoms with Gasteiger partial charge < -0.3 is 10.6 Å². The van der Waals surface area contributed by atoms with Gasteiger partial charge in [0.05, 0.1) is 0 Å². The summed E-state index contributed by atoms with van der Waals surface area (Å²) < 4.78 is 0. The summed E-state index contributed by atoms with van der Waals surface area (Å²) in [5, 5.41) is 6.06. The standard InChI is InChI=1S/C18H22N2O/c1-14-5-3-6-15(11-14)9-10-18(21)20-17-8-4-7-16(12-17)13-19-2/h3-8,11-12,19H,9-10,13H2,1-2H3,(H,20,21). The van der Waals surface area contributed by atoms with Gasteiger partial charge >= 0.3 is 0 Å². The zero-order chi connectivity index (χ0) is 15.1. The molecule has 0 fully saturated rings. The van der Waals surface area contributed by atoms with E-state index in [4.69, 9.17) is 0 Å². The topological polar surface area (TPSA) is 41.1 Å². The molecule has 2 aromatic rings. The highest BCUT2D eigenvalue weighted by Gasteiger charge is 2.04. The van der Waals surface area contributed by atoms with E-state index in [1.165, 1.54) is 11.1 Å². The Kier molecular flexibility index (Phi) is 5.52. The predicted octanol–water partition coefficient (Wildman–Crippen LogP) is 3.29. The van der Waals surface area contributed by atoms with E-state index in [1.807, 2.05) is 37.4 Å². The fraction of sp³-hybridized carbons (Fsp3) is 0.278. The van der Waals surface area contributed by atoms with Crippen molar-refractivity contribution in [1.82, 2.24) is 5.32 Å². The Hall–Kier alpha value is -2.13. The van der Waals surface area contributed by atoms with Gasteiger partial charge in [-0.25, -0.2) is 0 Å². The number of rotatable bonds is 6. The van der Waals surface area contributed by atoms with Crippen LogP contribution in [0.1, 0.15) is 23.1 Å². The SMILES string of the molecule is CNCc1cccc(NC(=O)CCc2cccc(C)c2)c1. The number of carbonyl (C=O) groups excluding carboxylic acids is 1. The van der Waals surface area contributed by atoms with Crippen LogP contribution in [-0.2, 0) is 17.8 Å². The molecule has 0 bridgehead atoms. The first-order chi connectivity index (χ1) is 10.2. The normalized spacial score (nSPS) is 10.4. The van der Waals surface area contributed by atoms with Crippen LogP contribution in [0.5, 0.6) is 0 Å². The van der Waals surface area contributed by atoms with Crippen molar-refractivity contribution < 1.29 is 4.79 Å². The molecular formula is C18H22N2O. The van der Waals surface area contributed by atoms with Crippen LogP contribution in [0.25, 0.3) is 0 Å². The van der Waals surface area contributed by atoms with Crippen molar-refractivity contribution in [3.8, 4) is 0 Å². The molecule has 2 N–H and O–H groups in total. The van der Waals surface area contributed by atoms with E-state index >= 15 is 0 Å². The second-order valence-electron chi connectivity index (χ2n) is 5.27. The van der Waals surface area contributed by atoms with Gasteiger partial charge in [-0.3, -0.25) is 4.79 Å². The molecule has 0 saturated heterocycles. The molecule has 2 rings (SSSR count). The first-order valence-corrected chi connectivity index (χ1v) is 7.26. The minimum absolute atomic E-state index is 0.0538. The van der Waals surface area contributed by atoms with Gasteiger partial charge in [0, 0.05) is 18.7 Å². The second-order valence-corrected chi connectivity index (χ2v) is 5.27. The Labute approximate surface area is 126 Å². The molecule has 0 heterocycles. The number of aryl methyl sites for hydroxylation is 2. The monoisotopic (exact) mass is 282 g/mol. The molecule has 0 aliphatic carbocycles. The van der Waals surface area contributed by atoms with Crippen LogP contribution in [0.3, 0.4) is 0 Å². The predicted molar refractivity (Wildman–Crippen MR) is 87.3 cm³/mol. The van der Waals surface area contributed by atoms with Gasteiger partial charge in [-0.05, 0) is 43.7 Å². The van der Waals surface area contributed by atoms with Gasteiger partial charge in [-0.1, -0.05) is 42.0 Å². The average Bonchev–Trinajstić information content (AvgIpc) is 2.46. The maximum atomic E-state index is 12.0. The third kappa shape index (κ3) is 5.04. The molecule has 0 aromatic heterocycles. The summed E-state index contributed by atoms with van der Waals surface area (Å²) in [6.07, 6.45) is 1.27. The number of hydrogen-bond acceptors (Lipinski definition) is 2. The van der Waals surface area contributed by atoms with Crippen molar-refractivity contribution in [2.24, 2.45) is 0 Å². The number of anilines is 1. The third-order valence-corrected chi connectivity index (χ3v) is 3.31. The lowest BCUT2D eigenvalue weighted by molar-refractivity contribution is -0.116. The molecule has 110 valence electrons. The summed E-state index contributed by atoms with van der Waals surface area (Å²) in [7, 11) is 1.91. The van der Waals surface area contributed by atoms with Crippen LogP contribution >= 0.6 is 0 Å². The Morgan fingerprint density at radius 1 is 1.05 bits per heavy atom. The first kappa shape index (κ1) is 15.3. The van der Waals surface area contributed by atoms with Gasteiger partial charge in [-0.2, -0.15) is 0 Å². The van der Waals surface area contributed by atoms with Crippen LogP contribution in [0, 0.1) is 6.92 Å². The molecule has 0 aliphatic rings. The molecule has 2 aromatic carbocycles. The van der Waals surface area contributed by atoms with E-state index in [-0.39, 0.29) is 5.91 Å². The van der Waals surface area contributed by atoms with Gasteiger partial charge in [0.25, 0.3) is 0 Å². The molecule has 0 spiro atoms. The highest BCUT2D eigenvalue weighted by molar-refractivity contribution is 5.90. The fourth-order valence-corrected chi connectivity index (χ4v) is 2.31. The summed E-state index contributed by atoms with van der Waals surface area (Å²) in [4.78, 5) is 12.0. The molecular weight excluding hydrogens is 260 g/mol. The van der Waals surface area contributed by atoms with Crippen molar-refractivity contribution in [2.75, 3.05) is 12.4 Å². The van der Waals surface area contributed by atoms with E-state index in [1.54, 1.807) is 0 Å². The molecule has 0 radical (unpaired) electrons. The molecule has 0 saturated carbocycles. The number of hydrogen-bond donors (Lipinski definition) is 2. The maximum absolute atomic E-state index is 12.0. The largest absolute Gasteiger partial charge is 0.326 e. The van der Waals surface area contributed by atoms with Crippen LogP contribution in [0.4, 0.5) is 5.69 Å². The average molecular weight is 282 g/mol. The minimum Gasteiger partial charge on any atom is -0.326 e. The van der Waals surface area contributed by atoms with Crippen molar-refractivity contribution in [1.29, 1.82) is 0 Å². The van der Waals surface area contributed by atoms with Crippen molar-refractivity contribution in [2.45, 2.75) is 26.3 Å². The minimum atomic E-state index is 0.0538. The lowest BCUT2D eigenvalue weighted by atomic mass is 10.1. The summed E-state index contributed by atoms with van der Waals surface area (Å²) in [6.45, 7) is 2.86. The zero-order valence-corrected chi connectivity index (χ0v) is 12.6. The third-order valence-electron chi connectivity index (χ3n) is 3.31. The molecule has 3 nitrogen and oxygen atoms in total. The number of amides is 1.